The van der Waals surface area contributed by atoms with Crippen molar-refractivity contribution in [3.05, 3.63) is 60.2 Å². The second-order valence-electron chi connectivity index (χ2n) is 7.59. The van der Waals surface area contributed by atoms with Gasteiger partial charge in [0.2, 0.25) is 0 Å². The monoisotopic (exact) mass is 429 g/mol. The molecule has 0 aliphatic rings. The Balaban J connectivity index is 1.79. The highest BCUT2D eigenvalue weighted by Gasteiger charge is 2.26. The van der Waals surface area contributed by atoms with Crippen LogP contribution in [0.2, 0.25) is 0 Å². The molecular weight excluding hydrogens is 406 g/mol. The van der Waals surface area contributed by atoms with Gasteiger partial charge in [0.25, 0.3) is 10.1 Å². The molecule has 4 aromatic rings. The number of hydrogen-bond acceptors (Lipinski definition) is 6. The lowest BCUT2D eigenvalue weighted by atomic mass is 9.99. The molecule has 0 saturated carbocycles. The zero-order chi connectivity index (χ0) is 20.6. The van der Waals surface area contributed by atoms with Gasteiger partial charge in [0.15, 0.2) is 0 Å². The van der Waals surface area contributed by atoms with Crippen LogP contribution in [0, 0.1) is 0 Å². The largest absolute Gasteiger partial charge is 0.394 e. The molecule has 4 rings (SSSR count). The Morgan fingerprint density at radius 2 is 1.76 bits per heavy atom. The fourth-order valence-electron chi connectivity index (χ4n) is 3.48. The summed E-state index contributed by atoms with van der Waals surface area (Å²) in [4.78, 5) is 0. The quantitative estimate of drug-likeness (QED) is 0.434. The molecular formula is C22H23NO4S2. The van der Waals surface area contributed by atoms with Crippen LogP contribution in [0.25, 0.3) is 30.9 Å². The van der Waals surface area contributed by atoms with E-state index in [4.69, 9.17) is 4.18 Å². The summed E-state index contributed by atoms with van der Waals surface area (Å²) in [6, 6.07) is 18.8. The maximum atomic E-state index is 11.4. The van der Waals surface area contributed by atoms with Crippen molar-refractivity contribution in [1.82, 2.24) is 5.32 Å². The van der Waals surface area contributed by atoms with Crippen molar-refractivity contribution >= 4 is 52.4 Å². The second kappa shape index (κ2) is 7.66. The van der Waals surface area contributed by atoms with Gasteiger partial charge in [-0.3, -0.25) is 4.18 Å². The number of thiophene rings is 1. The first-order valence-electron chi connectivity index (χ1n) is 9.32. The van der Waals surface area contributed by atoms with Gasteiger partial charge >= 0.3 is 0 Å². The van der Waals surface area contributed by atoms with Crippen molar-refractivity contribution < 1.29 is 17.7 Å². The first-order chi connectivity index (χ1) is 13.8. The van der Waals surface area contributed by atoms with E-state index in [1.54, 1.807) is 18.3 Å². The van der Waals surface area contributed by atoms with E-state index in [2.05, 4.69) is 35.6 Å². The molecule has 1 unspecified atom stereocenters. The van der Waals surface area contributed by atoms with Gasteiger partial charge in [-0.2, -0.15) is 8.42 Å². The van der Waals surface area contributed by atoms with Crippen LogP contribution in [-0.2, 0) is 20.8 Å². The minimum absolute atomic E-state index is 0.136. The Bertz CT molecular complexity index is 1300. The van der Waals surface area contributed by atoms with Gasteiger partial charge in [0.1, 0.15) is 0 Å². The van der Waals surface area contributed by atoms with Crippen molar-refractivity contribution in [2.75, 3.05) is 19.5 Å². The average molecular weight is 430 g/mol. The summed E-state index contributed by atoms with van der Waals surface area (Å²) in [5, 5.41) is 17.9. The van der Waals surface area contributed by atoms with Crippen LogP contribution in [-0.4, -0.2) is 38.5 Å². The number of aliphatic hydroxyl groups is 1. The Labute approximate surface area is 174 Å². The lowest BCUT2D eigenvalue weighted by molar-refractivity contribution is 0.118. The van der Waals surface area contributed by atoms with Gasteiger partial charge in [0, 0.05) is 26.7 Å². The molecule has 1 aromatic heterocycles. The Morgan fingerprint density at radius 3 is 2.48 bits per heavy atom. The number of rotatable bonds is 7. The van der Waals surface area contributed by atoms with Gasteiger partial charge in [-0.1, -0.05) is 42.5 Å². The molecule has 1 atom stereocenters. The highest BCUT2D eigenvalue weighted by atomic mass is 32.2. The van der Waals surface area contributed by atoms with E-state index in [1.807, 2.05) is 24.3 Å². The molecule has 0 aliphatic heterocycles. The molecule has 0 spiro atoms. The van der Waals surface area contributed by atoms with E-state index in [0.717, 1.165) is 22.6 Å². The summed E-state index contributed by atoms with van der Waals surface area (Å²) in [5.41, 5.74) is 0.251. The highest BCUT2D eigenvalue weighted by molar-refractivity contribution is 7.85. The van der Waals surface area contributed by atoms with Crippen molar-refractivity contribution in [2.45, 2.75) is 19.0 Å². The van der Waals surface area contributed by atoms with E-state index in [1.165, 1.54) is 20.2 Å². The average Bonchev–Trinajstić information content (AvgIpc) is 3.07. The fraction of sp³-hybridized carbons (Fsp3) is 0.273. The first kappa shape index (κ1) is 20.3. The molecule has 0 fully saturated rings. The van der Waals surface area contributed by atoms with E-state index in [-0.39, 0.29) is 13.2 Å². The normalized spacial score (nSPS) is 14.6. The maximum absolute atomic E-state index is 11.4. The van der Waals surface area contributed by atoms with Crippen LogP contribution in [0.5, 0.6) is 0 Å². The molecule has 0 amide bonds. The molecule has 0 radical (unpaired) electrons. The lowest BCUT2D eigenvalue weighted by Crippen LogP contribution is -2.49. The number of aliphatic hydroxyl groups excluding tert-OH is 1. The van der Waals surface area contributed by atoms with Gasteiger partial charge < -0.3 is 10.4 Å². The Morgan fingerprint density at radius 1 is 1.07 bits per heavy atom. The summed E-state index contributed by atoms with van der Waals surface area (Å²) in [5.74, 6) is 0. The summed E-state index contributed by atoms with van der Waals surface area (Å²) in [6.07, 6.45) is 1.01. The van der Waals surface area contributed by atoms with Gasteiger partial charge in [-0.05, 0) is 35.4 Å². The highest BCUT2D eigenvalue weighted by Crippen LogP contribution is 2.39. The Hall–Kier alpha value is -2.03. The maximum Gasteiger partial charge on any atom is 0.264 e. The molecule has 3 aromatic carbocycles. The van der Waals surface area contributed by atoms with Crippen LogP contribution >= 0.6 is 11.3 Å². The third kappa shape index (κ3) is 4.15. The van der Waals surface area contributed by atoms with E-state index in [9.17, 15) is 13.5 Å². The van der Waals surface area contributed by atoms with Crippen LogP contribution in [0.3, 0.4) is 0 Å². The molecule has 152 valence electrons. The lowest BCUT2D eigenvalue weighted by Gasteiger charge is -2.28. The summed E-state index contributed by atoms with van der Waals surface area (Å²) in [7, 11) is -3.59. The van der Waals surface area contributed by atoms with Crippen molar-refractivity contribution in [3.63, 3.8) is 0 Å². The molecule has 29 heavy (non-hydrogen) atoms. The number of fused-ring (bicyclic) bond motifs is 4. The molecule has 2 N–H and O–H groups in total. The third-order valence-corrected chi connectivity index (χ3v) is 6.92. The van der Waals surface area contributed by atoms with E-state index < -0.39 is 15.7 Å². The summed E-state index contributed by atoms with van der Waals surface area (Å²) >= 11 is 1.75. The third-order valence-electron chi connectivity index (χ3n) is 5.13. The zero-order valence-electron chi connectivity index (χ0n) is 16.3. The van der Waals surface area contributed by atoms with E-state index in [0.29, 0.717) is 6.54 Å². The van der Waals surface area contributed by atoms with Crippen molar-refractivity contribution in [3.8, 4) is 0 Å². The van der Waals surface area contributed by atoms with Gasteiger partial charge in [0.05, 0.1) is 25.0 Å². The van der Waals surface area contributed by atoms with Crippen LogP contribution in [0.15, 0.2) is 54.6 Å². The fourth-order valence-corrected chi connectivity index (χ4v) is 5.19. The molecule has 5 nitrogen and oxygen atoms in total. The SMILES string of the molecule is CC(CO)(COS(C)(=O)=O)NCc1c2ccccc2cc2c1sc1ccccc12. The molecule has 0 aliphatic carbocycles. The first-order valence-corrected chi connectivity index (χ1v) is 12.0. The van der Waals surface area contributed by atoms with Gasteiger partial charge in [-0.15, -0.1) is 11.3 Å². The standard InChI is InChI=1S/C22H23NO4S2/c1-22(13-24,14-27-29(2,25)26)23-12-19-16-8-4-3-7-15(16)11-18-17-9-5-6-10-20(17)28-21(18)19/h3-11,23-24H,12-14H2,1-2H3. The van der Waals surface area contributed by atoms with Crippen molar-refractivity contribution in [2.24, 2.45) is 0 Å². The van der Waals surface area contributed by atoms with Crippen LogP contribution in [0.4, 0.5) is 0 Å². The van der Waals surface area contributed by atoms with Crippen LogP contribution in [0.1, 0.15) is 12.5 Å². The summed E-state index contributed by atoms with van der Waals surface area (Å²) in [6.45, 7) is 1.85. The predicted molar refractivity (Wildman–Crippen MR) is 120 cm³/mol. The zero-order valence-corrected chi connectivity index (χ0v) is 17.9. The van der Waals surface area contributed by atoms with Crippen LogP contribution < -0.4 is 5.32 Å². The Kier molecular flexibility index (Phi) is 5.35. The minimum atomic E-state index is -3.59. The smallest absolute Gasteiger partial charge is 0.264 e. The number of nitrogens with one attached hydrogen (secondary N) is 1. The minimum Gasteiger partial charge on any atom is -0.394 e. The second-order valence-corrected chi connectivity index (χ2v) is 10.3. The number of hydrogen-bond donors (Lipinski definition) is 2. The summed E-state index contributed by atoms with van der Waals surface area (Å²) < 4.78 is 30.1. The topological polar surface area (TPSA) is 75.6 Å². The molecule has 0 saturated heterocycles. The predicted octanol–water partition coefficient (Wildman–Crippen LogP) is 4.02. The van der Waals surface area contributed by atoms with Gasteiger partial charge in [-0.25, -0.2) is 0 Å². The molecule has 0 bridgehead atoms. The molecule has 7 heteroatoms. The van der Waals surface area contributed by atoms with Crippen molar-refractivity contribution in [1.29, 1.82) is 0 Å². The number of benzene rings is 3. The van der Waals surface area contributed by atoms with E-state index >= 15 is 0 Å². The molecule has 1 heterocycles.